The standard InChI is InChI=1S/C19H20ClN3O4S/c20-16-4-2-1-3-14(16)12-21-18(24)9-10-22-28(26,27)15-6-7-17-13(11-15)5-8-19(25)23-17/h1-4,6-7,11,22H,5,8-10,12H2,(H,21,24)(H,23,25). The zero-order valence-electron chi connectivity index (χ0n) is 15.0. The predicted molar refractivity (Wildman–Crippen MR) is 106 cm³/mol. The third-order valence-electron chi connectivity index (χ3n) is 4.36. The minimum Gasteiger partial charge on any atom is -0.352 e. The molecule has 0 unspecified atom stereocenters. The van der Waals surface area contributed by atoms with Crippen LogP contribution in [0.4, 0.5) is 5.69 Å². The molecule has 28 heavy (non-hydrogen) atoms. The number of carbonyl (C=O) groups excluding carboxylic acids is 2. The van der Waals surface area contributed by atoms with Gasteiger partial charge in [0.15, 0.2) is 0 Å². The van der Waals surface area contributed by atoms with Gasteiger partial charge in [0.05, 0.1) is 4.90 Å². The molecule has 1 aliphatic rings. The van der Waals surface area contributed by atoms with Gasteiger partial charge in [0.25, 0.3) is 0 Å². The van der Waals surface area contributed by atoms with Gasteiger partial charge in [-0.25, -0.2) is 13.1 Å². The molecule has 0 aliphatic carbocycles. The van der Waals surface area contributed by atoms with Crippen LogP contribution in [0.3, 0.4) is 0 Å². The van der Waals surface area contributed by atoms with E-state index in [2.05, 4.69) is 15.4 Å². The predicted octanol–water partition coefficient (Wildman–Crippen LogP) is 2.21. The van der Waals surface area contributed by atoms with Crippen molar-refractivity contribution in [1.29, 1.82) is 0 Å². The Balaban J connectivity index is 1.52. The van der Waals surface area contributed by atoms with E-state index in [0.717, 1.165) is 11.1 Å². The number of hydrogen-bond acceptors (Lipinski definition) is 4. The van der Waals surface area contributed by atoms with Crippen LogP contribution in [0.5, 0.6) is 0 Å². The van der Waals surface area contributed by atoms with Crippen molar-refractivity contribution < 1.29 is 18.0 Å². The number of amides is 2. The maximum atomic E-state index is 12.4. The van der Waals surface area contributed by atoms with Crippen molar-refractivity contribution in [1.82, 2.24) is 10.0 Å². The number of sulfonamides is 1. The van der Waals surface area contributed by atoms with Gasteiger partial charge in [0, 0.05) is 36.6 Å². The first-order valence-electron chi connectivity index (χ1n) is 8.78. The van der Waals surface area contributed by atoms with E-state index in [1.165, 1.54) is 6.07 Å². The SMILES string of the molecule is O=C(CCNS(=O)(=O)c1ccc2c(c1)CCC(=O)N2)NCc1ccccc1Cl. The number of hydrogen-bond donors (Lipinski definition) is 3. The van der Waals surface area contributed by atoms with Gasteiger partial charge in [-0.2, -0.15) is 0 Å². The number of carbonyl (C=O) groups is 2. The van der Waals surface area contributed by atoms with Crippen molar-refractivity contribution >= 4 is 39.1 Å². The van der Waals surface area contributed by atoms with E-state index in [-0.39, 0.29) is 36.2 Å². The summed E-state index contributed by atoms with van der Waals surface area (Å²) in [5, 5.41) is 5.99. The molecule has 2 aromatic rings. The molecule has 2 amide bonds. The van der Waals surface area contributed by atoms with E-state index < -0.39 is 10.0 Å². The van der Waals surface area contributed by atoms with E-state index in [1.54, 1.807) is 24.3 Å². The third-order valence-corrected chi connectivity index (χ3v) is 6.19. The zero-order chi connectivity index (χ0) is 20.1. The Hall–Kier alpha value is -2.42. The van der Waals surface area contributed by atoms with Gasteiger partial charge in [-0.15, -0.1) is 0 Å². The highest BCUT2D eigenvalue weighted by atomic mass is 35.5. The lowest BCUT2D eigenvalue weighted by molar-refractivity contribution is -0.121. The zero-order valence-corrected chi connectivity index (χ0v) is 16.6. The van der Waals surface area contributed by atoms with E-state index >= 15 is 0 Å². The molecule has 3 rings (SSSR count). The highest BCUT2D eigenvalue weighted by molar-refractivity contribution is 7.89. The molecule has 0 saturated carbocycles. The maximum absolute atomic E-state index is 12.4. The fourth-order valence-electron chi connectivity index (χ4n) is 2.83. The second-order valence-electron chi connectivity index (χ2n) is 6.38. The van der Waals surface area contributed by atoms with E-state index in [4.69, 9.17) is 11.6 Å². The van der Waals surface area contributed by atoms with E-state index in [1.807, 2.05) is 12.1 Å². The molecule has 1 heterocycles. The van der Waals surface area contributed by atoms with Gasteiger partial charge >= 0.3 is 0 Å². The summed E-state index contributed by atoms with van der Waals surface area (Å²) in [5.41, 5.74) is 2.20. The minimum atomic E-state index is -3.74. The largest absolute Gasteiger partial charge is 0.352 e. The summed E-state index contributed by atoms with van der Waals surface area (Å²) in [7, 11) is -3.74. The first kappa shape index (κ1) is 20.3. The Kier molecular flexibility index (Phi) is 6.33. The van der Waals surface area contributed by atoms with Gasteiger partial charge in [-0.05, 0) is 41.8 Å². The molecule has 0 radical (unpaired) electrons. The van der Waals surface area contributed by atoms with Crippen LogP contribution < -0.4 is 15.4 Å². The number of aryl methyl sites for hydroxylation is 1. The van der Waals surface area contributed by atoms with Crippen LogP contribution in [0.15, 0.2) is 47.4 Å². The first-order chi connectivity index (χ1) is 13.3. The Labute approximate surface area is 168 Å². The van der Waals surface area contributed by atoms with Crippen LogP contribution in [-0.2, 0) is 32.6 Å². The van der Waals surface area contributed by atoms with Gasteiger partial charge in [0.1, 0.15) is 0 Å². The molecule has 0 atom stereocenters. The number of fused-ring (bicyclic) bond motifs is 1. The molecular formula is C19H20ClN3O4S. The molecule has 148 valence electrons. The number of anilines is 1. The van der Waals surface area contributed by atoms with Crippen LogP contribution in [-0.4, -0.2) is 26.8 Å². The summed E-state index contributed by atoms with van der Waals surface area (Å²) in [4.78, 5) is 23.4. The van der Waals surface area contributed by atoms with Crippen molar-refractivity contribution in [2.45, 2.75) is 30.7 Å². The van der Waals surface area contributed by atoms with Gasteiger partial charge in [-0.3, -0.25) is 9.59 Å². The van der Waals surface area contributed by atoms with Crippen LogP contribution >= 0.6 is 11.6 Å². The van der Waals surface area contributed by atoms with Gasteiger partial charge in [-0.1, -0.05) is 29.8 Å². The molecule has 0 fully saturated rings. The Morgan fingerprint density at radius 1 is 1.14 bits per heavy atom. The molecule has 1 aliphatic heterocycles. The summed E-state index contributed by atoms with van der Waals surface area (Å²) in [6.45, 7) is 0.256. The Bertz CT molecular complexity index is 1010. The summed E-state index contributed by atoms with van der Waals surface area (Å²) in [6.07, 6.45) is 0.829. The monoisotopic (exact) mass is 421 g/mol. The second-order valence-corrected chi connectivity index (χ2v) is 8.56. The van der Waals surface area contributed by atoms with Crippen LogP contribution in [0, 0.1) is 0 Å². The molecule has 2 aromatic carbocycles. The number of halogens is 1. The Morgan fingerprint density at radius 3 is 2.71 bits per heavy atom. The highest BCUT2D eigenvalue weighted by Crippen LogP contribution is 2.25. The quantitative estimate of drug-likeness (QED) is 0.637. The van der Waals surface area contributed by atoms with E-state index in [0.29, 0.717) is 23.6 Å². The fraction of sp³-hybridized carbons (Fsp3) is 0.263. The van der Waals surface area contributed by atoms with Gasteiger partial charge in [0.2, 0.25) is 21.8 Å². The number of benzene rings is 2. The summed E-state index contributed by atoms with van der Waals surface area (Å²) in [5.74, 6) is -0.361. The molecule has 0 spiro atoms. The van der Waals surface area contributed by atoms with Crippen molar-refractivity contribution in [3.05, 3.63) is 58.6 Å². The molecular weight excluding hydrogens is 402 g/mol. The van der Waals surface area contributed by atoms with Gasteiger partial charge < -0.3 is 10.6 Å². The lowest BCUT2D eigenvalue weighted by atomic mass is 10.0. The average molecular weight is 422 g/mol. The minimum absolute atomic E-state index is 0.00464. The van der Waals surface area contributed by atoms with Crippen molar-refractivity contribution in [3.63, 3.8) is 0 Å². The second kappa shape index (κ2) is 8.72. The van der Waals surface area contributed by atoms with E-state index in [9.17, 15) is 18.0 Å². The maximum Gasteiger partial charge on any atom is 0.240 e. The van der Waals surface area contributed by atoms with Crippen LogP contribution in [0.1, 0.15) is 24.0 Å². The van der Waals surface area contributed by atoms with Crippen LogP contribution in [0.25, 0.3) is 0 Å². The molecule has 9 heteroatoms. The lowest BCUT2D eigenvalue weighted by Gasteiger charge is -2.17. The lowest BCUT2D eigenvalue weighted by Crippen LogP contribution is -2.30. The topological polar surface area (TPSA) is 104 Å². The molecule has 0 aromatic heterocycles. The molecule has 0 saturated heterocycles. The first-order valence-corrected chi connectivity index (χ1v) is 10.6. The Morgan fingerprint density at radius 2 is 1.93 bits per heavy atom. The summed E-state index contributed by atoms with van der Waals surface area (Å²) in [6, 6.07) is 11.7. The number of rotatable bonds is 7. The highest BCUT2D eigenvalue weighted by Gasteiger charge is 2.20. The van der Waals surface area contributed by atoms with Crippen LogP contribution in [0.2, 0.25) is 5.02 Å². The molecule has 3 N–H and O–H groups in total. The van der Waals surface area contributed by atoms with Crippen molar-refractivity contribution in [2.75, 3.05) is 11.9 Å². The molecule has 7 nitrogen and oxygen atoms in total. The smallest absolute Gasteiger partial charge is 0.240 e. The fourth-order valence-corrected chi connectivity index (χ4v) is 4.12. The molecule has 0 bridgehead atoms. The normalized spacial score (nSPS) is 13.5. The average Bonchev–Trinajstić information content (AvgIpc) is 2.66. The third kappa shape index (κ3) is 5.09. The van der Waals surface area contributed by atoms with Crippen molar-refractivity contribution in [3.8, 4) is 0 Å². The summed E-state index contributed by atoms with van der Waals surface area (Å²) >= 11 is 6.03. The van der Waals surface area contributed by atoms with Crippen molar-refractivity contribution in [2.24, 2.45) is 0 Å². The summed E-state index contributed by atoms with van der Waals surface area (Å²) < 4.78 is 27.3. The number of nitrogens with one attached hydrogen (secondary N) is 3.